The fourth-order valence-corrected chi connectivity index (χ4v) is 3.19. The molecule has 6 heteroatoms. The highest BCUT2D eigenvalue weighted by Crippen LogP contribution is 2.43. The largest absolute Gasteiger partial charge is 0.329 e. The van der Waals surface area contributed by atoms with E-state index >= 15 is 0 Å². The van der Waals surface area contributed by atoms with Crippen molar-refractivity contribution in [2.75, 3.05) is 6.26 Å². The number of hydrogen-bond donors (Lipinski definition) is 1. The van der Waals surface area contributed by atoms with Crippen LogP contribution >= 0.6 is 23.4 Å². The lowest BCUT2D eigenvalue weighted by Gasteiger charge is -2.40. The minimum Gasteiger partial charge on any atom is -0.297 e. The van der Waals surface area contributed by atoms with Crippen LogP contribution in [0.4, 0.5) is 0 Å². The van der Waals surface area contributed by atoms with Crippen molar-refractivity contribution < 1.29 is 0 Å². The van der Waals surface area contributed by atoms with Crippen molar-refractivity contribution in [1.82, 2.24) is 9.55 Å². The van der Waals surface area contributed by atoms with E-state index in [1.807, 2.05) is 6.26 Å². The molecule has 17 heavy (non-hydrogen) atoms. The van der Waals surface area contributed by atoms with Crippen LogP contribution in [0.1, 0.15) is 24.8 Å². The van der Waals surface area contributed by atoms with E-state index in [-0.39, 0.29) is 15.5 Å². The summed E-state index contributed by atoms with van der Waals surface area (Å²) in [5, 5.41) is 0.142. The van der Waals surface area contributed by atoms with Gasteiger partial charge in [-0.15, -0.1) is 0 Å². The summed E-state index contributed by atoms with van der Waals surface area (Å²) < 4.78 is 1.33. The van der Waals surface area contributed by atoms with Gasteiger partial charge in [0, 0.05) is 16.9 Å². The van der Waals surface area contributed by atoms with E-state index in [0.29, 0.717) is 12.1 Å². The van der Waals surface area contributed by atoms with E-state index in [0.717, 1.165) is 12.8 Å². The van der Waals surface area contributed by atoms with Crippen LogP contribution in [0.2, 0.25) is 5.15 Å². The Morgan fingerprint density at radius 3 is 2.59 bits per heavy atom. The Morgan fingerprint density at radius 2 is 2.12 bits per heavy atom. The standard InChI is InChI=1S/C11H15ClN2O2S/c1-7-8(12)13-10(16)14(9(7)15)6-11(17-2)4-3-5-11/h3-6H2,1-2H3,(H,13,16). The molecular weight excluding hydrogens is 260 g/mol. The molecule has 94 valence electrons. The molecule has 4 nitrogen and oxygen atoms in total. The number of halogens is 1. The fourth-order valence-electron chi connectivity index (χ4n) is 2.07. The quantitative estimate of drug-likeness (QED) is 0.855. The molecule has 1 fully saturated rings. The predicted molar refractivity (Wildman–Crippen MR) is 71.2 cm³/mol. The van der Waals surface area contributed by atoms with Crippen LogP contribution in [0, 0.1) is 6.92 Å². The summed E-state index contributed by atoms with van der Waals surface area (Å²) in [6, 6.07) is 0. The maximum absolute atomic E-state index is 12.0. The maximum Gasteiger partial charge on any atom is 0.329 e. The molecule has 0 saturated heterocycles. The van der Waals surface area contributed by atoms with Crippen LogP contribution in [-0.4, -0.2) is 20.6 Å². The van der Waals surface area contributed by atoms with Crippen LogP contribution in [0.3, 0.4) is 0 Å². The van der Waals surface area contributed by atoms with Crippen molar-refractivity contribution in [3.8, 4) is 0 Å². The van der Waals surface area contributed by atoms with E-state index in [1.54, 1.807) is 18.7 Å². The molecule has 0 aliphatic heterocycles. The van der Waals surface area contributed by atoms with Gasteiger partial charge in [0.2, 0.25) is 0 Å². The van der Waals surface area contributed by atoms with Gasteiger partial charge in [-0.1, -0.05) is 18.0 Å². The molecule has 0 amide bonds. The summed E-state index contributed by atoms with van der Waals surface area (Å²) in [5.41, 5.74) is -0.285. The Labute approximate surface area is 108 Å². The van der Waals surface area contributed by atoms with Gasteiger partial charge in [-0.2, -0.15) is 11.8 Å². The zero-order chi connectivity index (χ0) is 12.6. The van der Waals surface area contributed by atoms with Gasteiger partial charge in [0.05, 0.1) is 0 Å². The molecular formula is C11H15ClN2O2S. The average molecular weight is 275 g/mol. The Kier molecular flexibility index (Phi) is 3.41. The van der Waals surface area contributed by atoms with Gasteiger partial charge < -0.3 is 0 Å². The Balaban J connectivity index is 2.43. The van der Waals surface area contributed by atoms with Crippen molar-refractivity contribution in [3.05, 3.63) is 31.6 Å². The van der Waals surface area contributed by atoms with Gasteiger partial charge in [0.25, 0.3) is 5.56 Å². The van der Waals surface area contributed by atoms with Gasteiger partial charge in [-0.25, -0.2) is 4.79 Å². The highest BCUT2D eigenvalue weighted by atomic mass is 35.5. The second kappa shape index (κ2) is 4.53. The van der Waals surface area contributed by atoms with Crippen molar-refractivity contribution in [2.24, 2.45) is 0 Å². The zero-order valence-corrected chi connectivity index (χ0v) is 11.5. The zero-order valence-electron chi connectivity index (χ0n) is 9.88. The molecule has 1 heterocycles. The van der Waals surface area contributed by atoms with Crippen molar-refractivity contribution in [3.63, 3.8) is 0 Å². The molecule has 1 N–H and O–H groups in total. The van der Waals surface area contributed by atoms with Gasteiger partial charge in [-0.3, -0.25) is 14.3 Å². The summed E-state index contributed by atoms with van der Waals surface area (Å²) in [6.07, 6.45) is 5.31. The van der Waals surface area contributed by atoms with Crippen LogP contribution in [0.5, 0.6) is 0 Å². The summed E-state index contributed by atoms with van der Waals surface area (Å²) >= 11 is 7.51. The SMILES string of the molecule is CSC1(Cn2c(=O)[nH]c(Cl)c(C)c2=O)CCC1. The molecule has 1 saturated carbocycles. The smallest absolute Gasteiger partial charge is 0.297 e. The predicted octanol–water partition coefficient (Wildman–Crippen LogP) is 1.78. The second-order valence-electron chi connectivity index (χ2n) is 4.50. The van der Waals surface area contributed by atoms with E-state index in [1.165, 1.54) is 11.0 Å². The third-order valence-electron chi connectivity index (χ3n) is 3.50. The monoisotopic (exact) mass is 274 g/mol. The molecule has 0 spiro atoms. The summed E-state index contributed by atoms with van der Waals surface area (Å²) in [7, 11) is 0. The lowest BCUT2D eigenvalue weighted by atomic mass is 9.84. The molecule has 0 atom stereocenters. The van der Waals surface area contributed by atoms with Crippen LogP contribution in [-0.2, 0) is 6.54 Å². The number of nitrogens with zero attached hydrogens (tertiary/aromatic N) is 1. The van der Waals surface area contributed by atoms with Gasteiger partial charge >= 0.3 is 5.69 Å². The van der Waals surface area contributed by atoms with Crippen LogP contribution in [0.15, 0.2) is 9.59 Å². The van der Waals surface area contributed by atoms with E-state index in [9.17, 15) is 9.59 Å². The van der Waals surface area contributed by atoms with E-state index in [2.05, 4.69) is 4.98 Å². The van der Waals surface area contributed by atoms with Gasteiger partial charge in [0.1, 0.15) is 5.15 Å². The van der Waals surface area contributed by atoms with Crippen molar-refractivity contribution >= 4 is 23.4 Å². The fraction of sp³-hybridized carbons (Fsp3) is 0.636. The molecule has 0 bridgehead atoms. The number of hydrogen-bond acceptors (Lipinski definition) is 3. The molecule has 0 radical (unpaired) electrons. The first-order chi connectivity index (χ1) is 7.99. The number of nitrogens with one attached hydrogen (secondary N) is 1. The molecule has 1 aliphatic rings. The number of rotatable bonds is 3. The second-order valence-corrected chi connectivity index (χ2v) is 6.15. The molecule has 1 aromatic rings. The first-order valence-electron chi connectivity index (χ1n) is 5.53. The van der Waals surface area contributed by atoms with Crippen molar-refractivity contribution in [1.29, 1.82) is 0 Å². The molecule has 2 rings (SSSR count). The Morgan fingerprint density at radius 1 is 1.47 bits per heavy atom. The number of thioether (sulfide) groups is 1. The van der Waals surface area contributed by atoms with Crippen molar-refractivity contribution in [2.45, 2.75) is 37.5 Å². The lowest BCUT2D eigenvalue weighted by molar-refractivity contribution is 0.313. The van der Waals surface area contributed by atoms with E-state index < -0.39 is 5.69 Å². The van der Waals surface area contributed by atoms with Crippen LogP contribution < -0.4 is 11.2 Å². The topological polar surface area (TPSA) is 54.9 Å². The number of H-pyrrole nitrogens is 1. The third kappa shape index (κ3) is 2.18. The summed E-state index contributed by atoms with van der Waals surface area (Å²) in [4.78, 5) is 26.3. The molecule has 1 aliphatic carbocycles. The average Bonchev–Trinajstić information content (AvgIpc) is 2.24. The molecule has 0 unspecified atom stereocenters. The third-order valence-corrected chi connectivity index (χ3v) is 5.28. The number of aromatic amines is 1. The van der Waals surface area contributed by atoms with E-state index in [4.69, 9.17) is 11.6 Å². The summed E-state index contributed by atoms with van der Waals surface area (Å²) in [6.45, 7) is 2.10. The minimum atomic E-state index is -0.411. The Bertz CT molecular complexity index is 540. The van der Waals surface area contributed by atoms with Crippen LogP contribution in [0.25, 0.3) is 0 Å². The normalized spacial score (nSPS) is 17.8. The summed E-state index contributed by atoms with van der Waals surface area (Å²) in [5.74, 6) is 0. The highest BCUT2D eigenvalue weighted by Gasteiger charge is 2.37. The minimum absolute atomic E-state index is 0.0527. The van der Waals surface area contributed by atoms with Gasteiger partial charge in [-0.05, 0) is 26.0 Å². The number of aromatic nitrogens is 2. The maximum atomic E-state index is 12.0. The molecule has 0 aromatic carbocycles. The first kappa shape index (κ1) is 12.8. The Hall–Kier alpha value is -0.680. The lowest BCUT2D eigenvalue weighted by Crippen LogP contribution is -2.46. The first-order valence-corrected chi connectivity index (χ1v) is 7.14. The van der Waals surface area contributed by atoms with Gasteiger partial charge in [0.15, 0.2) is 0 Å². The molecule has 1 aromatic heterocycles. The highest BCUT2D eigenvalue weighted by molar-refractivity contribution is 8.00.